The van der Waals surface area contributed by atoms with Crippen LogP contribution in [0.1, 0.15) is 35.7 Å². The number of hydrogen-bond donors (Lipinski definition) is 2. The number of carbonyl (C=O) groups is 1. The number of nitrogens with zero attached hydrogens (tertiary/aromatic N) is 1. The standard InChI is InChI=1S/C17H17ClF3N3O/c1-2-3-6-23-16(25)11-7-13(10-22-9-11)24-15-5-4-12(18)8-14(15)17(19,20)21/h4-5,7-10,24H,2-3,6H2,1H3,(H,23,25). The first-order chi connectivity index (χ1) is 11.8. The lowest BCUT2D eigenvalue weighted by Gasteiger charge is -2.15. The van der Waals surface area contributed by atoms with E-state index in [0.29, 0.717) is 6.54 Å². The maximum absolute atomic E-state index is 13.1. The molecule has 0 saturated carbocycles. The van der Waals surface area contributed by atoms with Crippen LogP contribution < -0.4 is 10.6 Å². The van der Waals surface area contributed by atoms with Gasteiger partial charge in [0.25, 0.3) is 5.91 Å². The fraction of sp³-hybridized carbons (Fsp3) is 0.294. The molecule has 0 radical (unpaired) electrons. The van der Waals surface area contributed by atoms with Crippen LogP contribution in [-0.2, 0) is 6.18 Å². The Morgan fingerprint density at radius 1 is 1.24 bits per heavy atom. The van der Waals surface area contributed by atoms with Crippen molar-refractivity contribution in [2.24, 2.45) is 0 Å². The maximum atomic E-state index is 13.1. The van der Waals surface area contributed by atoms with E-state index >= 15 is 0 Å². The van der Waals surface area contributed by atoms with Crippen molar-refractivity contribution < 1.29 is 18.0 Å². The molecule has 0 unspecified atom stereocenters. The molecule has 0 fully saturated rings. The molecule has 1 aromatic carbocycles. The second-order valence-electron chi connectivity index (χ2n) is 5.38. The number of amides is 1. The Bertz CT molecular complexity index is 750. The molecule has 0 atom stereocenters. The van der Waals surface area contributed by atoms with Crippen molar-refractivity contribution in [3.63, 3.8) is 0 Å². The smallest absolute Gasteiger partial charge is 0.354 e. The van der Waals surface area contributed by atoms with Gasteiger partial charge < -0.3 is 10.6 Å². The van der Waals surface area contributed by atoms with Crippen LogP contribution in [0, 0.1) is 0 Å². The number of alkyl halides is 3. The predicted octanol–water partition coefficient (Wildman–Crippen LogP) is 5.03. The third-order valence-corrected chi connectivity index (χ3v) is 3.62. The van der Waals surface area contributed by atoms with Crippen molar-refractivity contribution in [1.29, 1.82) is 0 Å². The van der Waals surface area contributed by atoms with Crippen molar-refractivity contribution in [1.82, 2.24) is 10.3 Å². The Morgan fingerprint density at radius 2 is 2.00 bits per heavy atom. The Kier molecular flexibility index (Phi) is 6.25. The maximum Gasteiger partial charge on any atom is 0.418 e. The summed E-state index contributed by atoms with van der Waals surface area (Å²) in [5.74, 6) is -0.322. The molecule has 0 aliphatic rings. The SMILES string of the molecule is CCCCNC(=O)c1cncc(Nc2ccc(Cl)cc2C(F)(F)F)c1. The lowest BCUT2D eigenvalue weighted by Crippen LogP contribution is -2.24. The number of rotatable bonds is 6. The monoisotopic (exact) mass is 371 g/mol. The van der Waals surface area contributed by atoms with Crippen molar-refractivity contribution in [3.8, 4) is 0 Å². The Labute approximate surface area is 148 Å². The first-order valence-corrected chi connectivity index (χ1v) is 8.06. The molecule has 0 aliphatic heterocycles. The Hall–Kier alpha value is -2.28. The van der Waals surface area contributed by atoms with Crippen LogP contribution >= 0.6 is 11.6 Å². The molecule has 2 N–H and O–H groups in total. The molecular weight excluding hydrogens is 355 g/mol. The summed E-state index contributed by atoms with van der Waals surface area (Å²) >= 11 is 5.66. The van der Waals surface area contributed by atoms with Gasteiger partial charge in [-0.05, 0) is 30.7 Å². The molecule has 2 rings (SSSR count). The van der Waals surface area contributed by atoms with E-state index in [9.17, 15) is 18.0 Å². The van der Waals surface area contributed by atoms with Gasteiger partial charge in [0, 0.05) is 17.8 Å². The molecule has 0 saturated heterocycles. The molecule has 1 aromatic heterocycles. The number of nitrogens with one attached hydrogen (secondary N) is 2. The van der Waals surface area contributed by atoms with E-state index < -0.39 is 11.7 Å². The van der Waals surface area contributed by atoms with Crippen molar-refractivity contribution >= 4 is 28.9 Å². The number of pyridine rings is 1. The minimum absolute atomic E-state index is 0.0138. The molecule has 1 amide bonds. The van der Waals surface area contributed by atoms with Gasteiger partial charge in [-0.1, -0.05) is 24.9 Å². The van der Waals surface area contributed by atoms with Gasteiger partial charge in [-0.15, -0.1) is 0 Å². The van der Waals surface area contributed by atoms with Crippen LogP contribution in [0.3, 0.4) is 0 Å². The Balaban J connectivity index is 2.22. The van der Waals surface area contributed by atoms with Crippen molar-refractivity contribution in [3.05, 3.63) is 52.8 Å². The quantitative estimate of drug-likeness (QED) is 0.700. The van der Waals surface area contributed by atoms with Crippen molar-refractivity contribution in [2.45, 2.75) is 25.9 Å². The fourth-order valence-corrected chi connectivity index (χ4v) is 2.30. The highest BCUT2D eigenvalue weighted by Gasteiger charge is 2.33. The number of unbranched alkanes of at least 4 members (excludes halogenated alkanes) is 1. The van der Waals surface area contributed by atoms with E-state index in [-0.39, 0.29) is 27.9 Å². The van der Waals surface area contributed by atoms with Gasteiger partial charge in [-0.3, -0.25) is 9.78 Å². The normalized spacial score (nSPS) is 11.2. The topological polar surface area (TPSA) is 54.0 Å². The van der Waals surface area contributed by atoms with E-state index in [2.05, 4.69) is 15.6 Å². The fourth-order valence-electron chi connectivity index (χ4n) is 2.13. The van der Waals surface area contributed by atoms with Gasteiger partial charge >= 0.3 is 6.18 Å². The average molecular weight is 372 g/mol. The molecule has 1 heterocycles. The zero-order valence-corrected chi connectivity index (χ0v) is 14.2. The number of benzene rings is 1. The summed E-state index contributed by atoms with van der Waals surface area (Å²) in [7, 11) is 0. The summed E-state index contributed by atoms with van der Waals surface area (Å²) in [5, 5.41) is 5.36. The van der Waals surface area contributed by atoms with Gasteiger partial charge in [0.05, 0.1) is 28.7 Å². The highest BCUT2D eigenvalue weighted by atomic mass is 35.5. The highest BCUT2D eigenvalue weighted by molar-refractivity contribution is 6.30. The molecule has 4 nitrogen and oxygen atoms in total. The zero-order valence-electron chi connectivity index (χ0n) is 13.5. The first-order valence-electron chi connectivity index (χ1n) is 7.68. The lowest BCUT2D eigenvalue weighted by molar-refractivity contribution is -0.136. The molecule has 0 aliphatic carbocycles. The largest absolute Gasteiger partial charge is 0.418 e. The van der Waals surface area contributed by atoms with Crippen molar-refractivity contribution in [2.75, 3.05) is 11.9 Å². The van der Waals surface area contributed by atoms with E-state index in [1.807, 2.05) is 6.92 Å². The summed E-state index contributed by atoms with van der Waals surface area (Å²) in [5.41, 5.74) is -0.514. The lowest BCUT2D eigenvalue weighted by atomic mass is 10.1. The summed E-state index contributed by atoms with van der Waals surface area (Å²) in [6.07, 6.45) is -0.0693. The van der Waals surface area contributed by atoms with Crippen LogP contribution in [0.15, 0.2) is 36.7 Å². The minimum atomic E-state index is -4.56. The summed E-state index contributed by atoms with van der Waals surface area (Å²) in [4.78, 5) is 15.9. The predicted molar refractivity (Wildman–Crippen MR) is 91.2 cm³/mol. The molecule has 25 heavy (non-hydrogen) atoms. The van der Waals surface area contributed by atoms with E-state index in [0.717, 1.165) is 18.9 Å². The Morgan fingerprint density at radius 3 is 2.68 bits per heavy atom. The first kappa shape index (κ1) is 19.1. The number of carbonyl (C=O) groups excluding carboxylic acids is 1. The molecule has 0 bridgehead atoms. The summed E-state index contributed by atoms with van der Waals surface area (Å²) in [6, 6.07) is 4.88. The number of aromatic nitrogens is 1. The highest BCUT2D eigenvalue weighted by Crippen LogP contribution is 2.37. The number of hydrogen-bond acceptors (Lipinski definition) is 3. The van der Waals surface area contributed by atoms with Gasteiger partial charge in [0.1, 0.15) is 0 Å². The summed E-state index contributed by atoms with van der Waals surface area (Å²) < 4.78 is 39.4. The molecule has 0 spiro atoms. The molecule has 8 heteroatoms. The van der Waals surface area contributed by atoms with E-state index in [1.54, 1.807) is 0 Å². The average Bonchev–Trinajstić information content (AvgIpc) is 2.56. The van der Waals surface area contributed by atoms with Gasteiger partial charge in [-0.2, -0.15) is 13.2 Å². The van der Waals surface area contributed by atoms with Gasteiger partial charge in [-0.25, -0.2) is 0 Å². The molecule has 134 valence electrons. The van der Waals surface area contributed by atoms with Gasteiger partial charge in [0.15, 0.2) is 0 Å². The van der Waals surface area contributed by atoms with Crippen LogP contribution in [0.4, 0.5) is 24.5 Å². The summed E-state index contributed by atoms with van der Waals surface area (Å²) in [6.45, 7) is 2.53. The molecular formula is C17H17ClF3N3O. The molecule has 2 aromatic rings. The third-order valence-electron chi connectivity index (χ3n) is 3.38. The minimum Gasteiger partial charge on any atom is -0.354 e. The number of halogens is 4. The second-order valence-corrected chi connectivity index (χ2v) is 5.82. The van der Waals surface area contributed by atoms with E-state index in [4.69, 9.17) is 11.6 Å². The number of anilines is 2. The van der Waals surface area contributed by atoms with Crippen LogP contribution in [0.2, 0.25) is 5.02 Å². The zero-order chi connectivity index (χ0) is 18.4. The van der Waals surface area contributed by atoms with E-state index in [1.165, 1.54) is 30.6 Å². The third kappa shape index (κ3) is 5.35. The van der Waals surface area contributed by atoms with Crippen LogP contribution in [0.25, 0.3) is 0 Å². The second kappa shape index (κ2) is 8.20. The van der Waals surface area contributed by atoms with Gasteiger partial charge in [0.2, 0.25) is 0 Å². The van der Waals surface area contributed by atoms with Crippen LogP contribution in [-0.4, -0.2) is 17.4 Å². The van der Waals surface area contributed by atoms with Crippen LogP contribution in [0.5, 0.6) is 0 Å².